The smallest absolute Gasteiger partial charge is 0.244 e. The van der Waals surface area contributed by atoms with Crippen molar-refractivity contribution in [3.05, 3.63) is 64.2 Å². The Morgan fingerprint density at radius 3 is 2.52 bits per heavy atom. The molecule has 1 N–H and O–H groups in total. The lowest BCUT2D eigenvalue weighted by molar-refractivity contribution is -0.117. The maximum absolute atomic E-state index is 12.1. The van der Waals surface area contributed by atoms with E-state index in [-0.39, 0.29) is 11.9 Å². The first-order valence-electron chi connectivity index (χ1n) is 6.65. The van der Waals surface area contributed by atoms with E-state index in [4.69, 9.17) is 0 Å². The van der Waals surface area contributed by atoms with Crippen LogP contribution in [0.25, 0.3) is 0 Å². The number of hydrogen-bond acceptors (Lipinski definition) is 2. The summed E-state index contributed by atoms with van der Waals surface area (Å²) in [5, 5.41) is 3.01. The molecule has 0 saturated carbocycles. The molecule has 0 aliphatic rings. The summed E-state index contributed by atoms with van der Waals surface area (Å²) in [5.74, 6) is 0.679. The zero-order valence-corrected chi connectivity index (χ0v) is 13.9. The lowest BCUT2D eigenvalue weighted by atomic mass is 10.1. The van der Waals surface area contributed by atoms with Gasteiger partial charge in [-0.25, -0.2) is 4.98 Å². The lowest BCUT2D eigenvalue weighted by Crippen LogP contribution is -2.29. The van der Waals surface area contributed by atoms with Gasteiger partial charge in [0.15, 0.2) is 0 Å². The average molecular weight is 348 g/mol. The Hall–Kier alpha value is -1.88. The highest BCUT2D eigenvalue weighted by Crippen LogP contribution is 2.22. The predicted molar refractivity (Wildman–Crippen MR) is 86.8 cm³/mol. The predicted octanol–water partition coefficient (Wildman–Crippen LogP) is 3.35. The highest BCUT2D eigenvalue weighted by Gasteiger charge is 2.19. The van der Waals surface area contributed by atoms with Crippen molar-refractivity contribution in [2.45, 2.75) is 19.9 Å². The van der Waals surface area contributed by atoms with Gasteiger partial charge in [0.05, 0.1) is 0 Å². The number of benzene rings is 1. The van der Waals surface area contributed by atoms with Gasteiger partial charge in [-0.3, -0.25) is 4.79 Å². The fourth-order valence-electron chi connectivity index (χ4n) is 2.05. The molecule has 1 aromatic carbocycles. The summed E-state index contributed by atoms with van der Waals surface area (Å²) in [4.78, 5) is 16.4. The number of carbonyl (C=O) groups excluding carboxylic acids is 1. The van der Waals surface area contributed by atoms with E-state index < -0.39 is 0 Å². The van der Waals surface area contributed by atoms with Crippen molar-refractivity contribution < 1.29 is 4.79 Å². The lowest BCUT2D eigenvalue weighted by Gasteiger charge is -2.18. The second-order valence-corrected chi connectivity index (χ2v) is 6.03. The number of carbonyl (C=O) groups is 1. The minimum atomic E-state index is -0.277. The van der Waals surface area contributed by atoms with Crippen LogP contribution in [0.5, 0.6) is 0 Å². The second-order valence-electron chi connectivity index (χ2n) is 5.11. The molecule has 0 radical (unpaired) electrons. The fraction of sp³-hybridized carbons (Fsp3) is 0.250. The van der Waals surface area contributed by atoms with Crippen LogP contribution in [-0.4, -0.2) is 15.5 Å². The zero-order chi connectivity index (χ0) is 15.4. The van der Waals surface area contributed by atoms with Crippen LogP contribution in [0.15, 0.2) is 52.8 Å². The van der Waals surface area contributed by atoms with Crippen molar-refractivity contribution in [1.29, 1.82) is 0 Å². The third-order valence-corrected chi connectivity index (χ3v) is 3.56. The first kappa shape index (κ1) is 15.5. The number of aryl methyl sites for hydroxylation is 1. The van der Waals surface area contributed by atoms with E-state index >= 15 is 0 Å². The van der Waals surface area contributed by atoms with Gasteiger partial charge in [-0.15, -0.1) is 0 Å². The number of amides is 1. The molecular formula is C16H18BrN3O. The van der Waals surface area contributed by atoms with E-state index in [2.05, 4.69) is 26.2 Å². The van der Waals surface area contributed by atoms with Gasteiger partial charge < -0.3 is 9.88 Å². The Balaban J connectivity index is 2.35. The Kier molecular flexibility index (Phi) is 4.96. The number of hydrogen-bond donors (Lipinski definition) is 1. The van der Waals surface area contributed by atoms with E-state index in [1.54, 1.807) is 12.3 Å². The van der Waals surface area contributed by atoms with Crippen molar-refractivity contribution in [3.63, 3.8) is 0 Å². The molecule has 110 valence electrons. The molecule has 21 heavy (non-hydrogen) atoms. The van der Waals surface area contributed by atoms with Crippen LogP contribution < -0.4 is 5.32 Å². The van der Waals surface area contributed by atoms with Gasteiger partial charge in [-0.05, 0) is 31.5 Å². The number of nitrogens with one attached hydrogen (secondary N) is 1. The highest BCUT2D eigenvalue weighted by molar-refractivity contribution is 9.10. The molecule has 0 aliphatic heterocycles. The molecular weight excluding hydrogens is 330 g/mol. The van der Waals surface area contributed by atoms with E-state index in [0.29, 0.717) is 0 Å². The van der Waals surface area contributed by atoms with Crippen LogP contribution in [0.2, 0.25) is 0 Å². The van der Waals surface area contributed by atoms with Crippen molar-refractivity contribution in [2.24, 2.45) is 7.05 Å². The summed E-state index contributed by atoms with van der Waals surface area (Å²) >= 11 is 3.42. The Morgan fingerprint density at radius 2 is 2.00 bits per heavy atom. The number of nitrogens with zero attached hydrogens (tertiary/aromatic N) is 2. The van der Waals surface area contributed by atoms with Gasteiger partial charge in [-0.2, -0.15) is 0 Å². The van der Waals surface area contributed by atoms with Crippen molar-refractivity contribution in [3.8, 4) is 0 Å². The molecule has 0 unspecified atom stereocenters. The second kappa shape index (κ2) is 6.72. The van der Waals surface area contributed by atoms with E-state index in [0.717, 1.165) is 21.4 Å². The third kappa shape index (κ3) is 4.04. The molecule has 0 spiro atoms. The number of halogens is 1. The Labute approximate surface area is 133 Å². The number of rotatable bonds is 4. The van der Waals surface area contributed by atoms with Gasteiger partial charge in [-0.1, -0.05) is 33.6 Å². The molecule has 1 atom stereocenters. The van der Waals surface area contributed by atoms with Gasteiger partial charge in [0.25, 0.3) is 0 Å². The van der Waals surface area contributed by atoms with Gasteiger partial charge >= 0.3 is 0 Å². The Morgan fingerprint density at radius 1 is 1.33 bits per heavy atom. The third-order valence-electron chi connectivity index (χ3n) is 3.03. The molecule has 4 nitrogen and oxygen atoms in total. The maximum Gasteiger partial charge on any atom is 0.244 e. The molecule has 2 rings (SSSR count). The summed E-state index contributed by atoms with van der Waals surface area (Å²) in [7, 11) is 1.92. The number of allylic oxidation sites excluding steroid dienone is 1. The van der Waals surface area contributed by atoms with Crippen LogP contribution in [0.4, 0.5) is 0 Å². The van der Waals surface area contributed by atoms with Gasteiger partial charge in [0, 0.05) is 30.0 Å². The van der Waals surface area contributed by atoms with E-state index in [1.165, 1.54) is 0 Å². The summed E-state index contributed by atoms with van der Waals surface area (Å²) in [5.41, 5.74) is 1.95. The molecule has 1 aromatic heterocycles. The number of aromatic nitrogens is 2. The van der Waals surface area contributed by atoms with Crippen LogP contribution in [0, 0.1) is 0 Å². The van der Waals surface area contributed by atoms with Crippen molar-refractivity contribution in [2.75, 3.05) is 0 Å². The van der Waals surface area contributed by atoms with Crippen LogP contribution in [0.3, 0.4) is 0 Å². The SMILES string of the molecule is CC(C)=CC(=O)N[C@H](c1ccc(Br)cc1)c1nccn1C. The molecule has 0 bridgehead atoms. The Bertz CT molecular complexity index is 654. The minimum absolute atomic E-state index is 0.120. The van der Waals surface area contributed by atoms with Gasteiger partial charge in [0.2, 0.25) is 5.91 Å². The molecule has 0 aliphatic carbocycles. The molecule has 5 heteroatoms. The molecule has 2 aromatic rings. The normalized spacial score (nSPS) is 11.8. The fourth-order valence-corrected chi connectivity index (χ4v) is 2.32. The van der Waals surface area contributed by atoms with Gasteiger partial charge in [0.1, 0.15) is 11.9 Å². The summed E-state index contributed by atoms with van der Waals surface area (Å²) in [6, 6.07) is 7.59. The topological polar surface area (TPSA) is 46.9 Å². The quantitative estimate of drug-likeness (QED) is 0.862. The van der Waals surface area contributed by atoms with E-state index in [1.807, 2.05) is 55.9 Å². The zero-order valence-electron chi connectivity index (χ0n) is 12.3. The molecule has 0 fully saturated rings. The van der Waals surface area contributed by atoms with Crippen molar-refractivity contribution in [1.82, 2.24) is 14.9 Å². The average Bonchev–Trinajstić information content (AvgIpc) is 2.82. The molecule has 1 amide bonds. The van der Waals surface area contributed by atoms with Crippen LogP contribution in [-0.2, 0) is 11.8 Å². The van der Waals surface area contributed by atoms with Crippen LogP contribution in [0.1, 0.15) is 31.3 Å². The minimum Gasteiger partial charge on any atom is -0.339 e. The summed E-state index contributed by atoms with van der Waals surface area (Å²) in [6.07, 6.45) is 5.19. The standard InChI is InChI=1S/C16H18BrN3O/c1-11(2)10-14(21)19-15(16-18-8-9-20(16)3)12-4-6-13(17)7-5-12/h4-10,15H,1-3H3,(H,19,21)/t15-/m1/s1. The first-order valence-corrected chi connectivity index (χ1v) is 7.45. The maximum atomic E-state index is 12.1. The summed E-state index contributed by atoms with van der Waals surface area (Å²) in [6.45, 7) is 3.80. The largest absolute Gasteiger partial charge is 0.339 e. The van der Waals surface area contributed by atoms with Crippen molar-refractivity contribution >= 4 is 21.8 Å². The first-order chi connectivity index (χ1) is 9.97. The number of imidazole rings is 1. The van der Waals surface area contributed by atoms with E-state index in [9.17, 15) is 4.79 Å². The van der Waals surface area contributed by atoms with Crippen LogP contribution >= 0.6 is 15.9 Å². The highest BCUT2D eigenvalue weighted by atomic mass is 79.9. The summed E-state index contributed by atoms with van der Waals surface area (Å²) < 4.78 is 2.91. The molecule has 0 saturated heterocycles. The monoisotopic (exact) mass is 347 g/mol. The molecule has 1 heterocycles.